The largest absolute Gasteiger partial charge is 0.481 e. The molecule has 11 heteroatoms. The zero-order valence-electron chi connectivity index (χ0n) is 12.0. The number of urea groups is 1. The zero-order valence-corrected chi connectivity index (χ0v) is 12.0. The summed E-state index contributed by atoms with van der Waals surface area (Å²) in [6.07, 6.45) is -4.75. The third kappa shape index (κ3) is 3.73. The van der Waals surface area contributed by atoms with E-state index in [4.69, 9.17) is 5.11 Å². The van der Waals surface area contributed by atoms with Crippen LogP contribution in [0.1, 0.15) is 0 Å². The Labute approximate surface area is 133 Å². The number of hydrogen-bond acceptors (Lipinski definition) is 4. The van der Waals surface area contributed by atoms with Gasteiger partial charge in [0.15, 0.2) is 0 Å². The molecule has 2 rings (SSSR count). The number of amides is 2. The van der Waals surface area contributed by atoms with Crippen LogP contribution in [-0.2, 0) is 4.79 Å². The zero-order chi connectivity index (χ0) is 18.1. The van der Waals surface area contributed by atoms with Crippen LogP contribution >= 0.6 is 0 Å². The number of carbonyl (C=O) groups is 2. The normalized spacial score (nSPS) is 20.7. The Balaban J connectivity index is 2.12. The highest BCUT2D eigenvalue weighted by Gasteiger charge is 2.53. The Morgan fingerprint density at radius 3 is 2.50 bits per heavy atom. The lowest BCUT2D eigenvalue weighted by Gasteiger charge is -2.18. The number of carbonyl (C=O) groups excluding carboxylic acids is 1. The summed E-state index contributed by atoms with van der Waals surface area (Å²) < 4.78 is 38.6. The molecule has 0 aromatic heterocycles. The predicted molar refractivity (Wildman–Crippen MR) is 74.4 cm³/mol. The lowest BCUT2D eigenvalue weighted by molar-refractivity contribution is -0.384. The molecule has 1 aliphatic heterocycles. The Bertz CT molecular complexity index is 679. The summed E-state index contributed by atoms with van der Waals surface area (Å²) in [5, 5.41) is 21.8. The third-order valence-corrected chi connectivity index (χ3v) is 3.65. The van der Waals surface area contributed by atoms with E-state index in [9.17, 15) is 32.9 Å². The molecule has 1 heterocycles. The molecule has 1 aromatic rings. The van der Waals surface area contributed by atoms with E-state index in [1.807, 2.05) is 0 Å². The fourth-order valence-corrected chi connectivity index (χ4v) is 2.45. The monoisotopic (exact) mass is 347 g/mol. The molecular formula is C13H12F3N3O5. The van der Waals surface area contributed by atoms with Crippen molar-refractivity contribution < 1.29 is 32.8 Å². The minimum absolute atomic E-state index is 0.0246. The predicted octanol–water partition coefficient (Wildman–Crippen LogP) is 2.32. The van der Waals surface area contributed by atoms with Crippen LogP contribution in [0, 0.1) is 22.0 Å². The Morgan fingerprint density at radius 2 is 2.00 bits per heavy atom. The summed E-state index contributed by atoms with van der Waals surface area (Å²) in [6, 6.07) is 3.91. The van der Waals surface area contributed by atoms with E-state index in [0.717, 1.165) is 11.0 Å². The molecule has 130 valence electrons. The smallest absolute Gasteiger partial charge is 0.394 e. The molecule has 2 atom stereocenters. The van der Waals surface area contributed by atoms with Gasteiger partial charge < -0.3 is 15.3 Å². The van der Waals surface area contributed by atoms with Crippen molar-refractivity contribution >= 4 is 23.4 Å². The number of carboxylic acid groups (broad SMARTS) is 1. The lowest BCUT2D eigenvalue weighted by atomic mass is 9.96. The van der Waals surface area contributed by atoms with Crippen LogP contribution in [0.2, 0.25) is 0 Å². The van der Waals surface area contributed by atoms with Gasteiger partial charge in [-0.2, -0.15) is 13.2 Å². The lowest BCUT2D eigenvalue weighted by Crippen LogP contribution is -2.35. The van der Waals surface area contributed by atoms with Crippen molar-refractivity contribution in [2.24, 2.45) is 11.8 Å². The summed E-state index contributed by atoms with van der Waals surface area (Å²) in [4.78, 5) is 33.7. The molecule has 1 saturated heterocycles. The van der Waals surface area contributed by atoms with Gasteiger partial charge in [-0.25, -0.2) is 4.79 Å². The number of anilines is 1. The highest BCUT2D eigenvalue weighted by atomic mass is 19.4. The van der Waals surface area contributed by atoms with Gasteiger partial charge in [-0.15, -0.1) is 0 Å². The van der Waals surface area contributed by atoms with Crippen molar-refractivity contribution in [2.45, 2.75) is 6.18 Å². The first-order chi connectivity index (χ1) is 11.1. The van der Waals surface area contributed by atoms with Crippen LogP contribution in [0.4, 0.5) is 29.3 Å². The quantitative estimate of drug-likeness (QED) is 0.643. The van der Waals surface area contributed by atoms with Gasteiger partial charge in [-0.05, 0) is 6.07 Å². The minimum atomic E-state index is -4.75. The molecule has 0 spiro atoms. The molecule has 24 heavy (non-hydrogen) atoms. The molecule has 1 aromatic carbocycles. The maximum Gasteiger partial charge on any atom is 0.394 e. The fourth-order valence-electron chi connectivity index (χ4n) is 2.45. The average Bonchev–Trinajstić information content (AvgIpc) is 2.93. The summed E-state index contributed by atoms with van der Waals surface area (Å²) in [5.74, 6) is -5.55. The number of benzene rings is 1. The standard InChI is InChI=1S/C13H12F3N3O5/c14-13(15,16)10-6-18(5-9(10)11(20)21)12(22)17-7-2-1-3-8(4-7)19(23)24/h1-4,9-10H,5-6H2,(H,17,22)(H,20,21)/t9-,10-/m1/s1. The van der Waals surface area contributed by atoms with Crippen LogP contribution in [0.3, 0.4) is 0 Å². The van der Waals surface area contributed by atoms with Gasteiger partial charge in [0.2, 0.25) is 0 Å². The van der Waals surface area contributed by atoms with E-state index < -0.39 is 48.0 Å². The number of non-ortho nitro benzene ring substituents is 1. The third-order valence-electron chi connectivity index (χ3n) is 3.65. The second-order valence-electron chi connectivity index (χ2n) is 5.24. The molecule has 0 radical (unpaired) electrons. The minimum Gasteiger partial charge on any atom is -0.481 e. The molecule has 2 N–H and O–H groups in total. The van der Waals surface area contributed by atoms with Crippen molar-refractivity contribution in [3.8, 4) is 0 Å². The Hall–Kier alpha value is -2.85. The van der Waals surface area contributed by atoms with Crippen molar-refractivity contribution in [2.75, 3.05) is 18.4 Å². The SMILES string of the molecule is O=C(O)[C@@H]1CN(C(=O)Nc2cccc([N+](=O)[O-])c2)C[C@H]1C(F)(F)F. The summed E-state index contributed by atoms with van der Waals surface area (Å²) >= 11 is 0. The topological polar surface area (TPSA) is 113 Å². The molecule has 2 amide bonds. The summed E-state index contributed by atoms with van der Waals surface area (Å²) in [7, 11) is 0. The van der Waals surface area contributed by atoms with Gasteiger partial charge in [0.05, 0.1) is 16.8 Å². The van der Waals surface area contributed by atoms with Crippen molar-refractivity contribution in [3.05, 3.63) is 34.4 Å². The van der Waals surface area contributed by atoms with Gasteiger partial charge in [0.25, 0.3) is 5.69 Å². The number of alkyl halides is 3. The Kier molecular flexibility index (Phi) is 4.62. The van der Waals surface area contributed by atoms with Crippen LogP contribution < -0.4 is 5.32 Å². The van der Waals surface area contributed by atoms with E-state index in [-0.39, 0.29) is 11.4 Å². The van der Waals surface area contributed by atoms with Crippen LogP contribution in [0.25, 0.3) is 0 Å². The van der Waals surface area contributed by atoms with Crippen molar-refractivity contribution in [1.29, 1.82) is 0 Å². The molecule has 0 saturated carbocycles. The molecule has 0 bridgehead atoms. The maximum absolute atomic E-state index is 12.9. The number of hydrogen-bond donors (Lipinski definition) is 2. The fraction of sp³-hybridized carbons (Fsp3) is 0.385. The number of nitro groups is 1. The number of nitro benzene ring substituents is 1. The summed E-state index contributed by atoms with van der Waals surface area (Å²) in [5.41, 5.74) is -0.276. The van der Waals surface area contributed by atoms with Crippen molar-refractivity contribution in [1.82, 2.24) is 4.90 Å². The maximum atomic E-state index is 12.9. The first kappa shape index (κ1) is 17.5. The molecular weight excluding hydrogens is 335 g/mol. The molecule has 0 aliphatic carbocycles. The van der Waals surface area contributed by atoms with Crippen molar-refractivity contribution in [3.63, 3.8) is 0 Å². The van der Waals surface area contributed by atoms with E-state index in [1.165, 1.54) is 18.2 Å². The van der Waals surface area contributed by atoms with Crippen LogP contribution in [-0.4, -0.2) is 46.2 Å². The van der Waals surface area contributed by atoms with E-state index in [2.05, 4.69) is 5.32 Å². The van der Waals surface area contributed by atoms with Crippen LogP contribution in [0.15, 0.2) is 24.3 Å². The number of likely N-dealkylation sites (tertiary alicyclic amines) is 1. The van der Waals surface area contributed by atoms with Gasteiger partial charge in [-0.3, -0.25) is 14.9 Å². The molecule has 8 nitrogen and oxygen atoms in total. The molecule has 1 fully saturated rings. The number of halogens is 3. The first-order valence-corrected chi connectivity index (χ1v) is 6.69. The van der Waals surface area contributed by atoms with E-state index in [1.54, 1.807) is 0 Å². The number of aliphatic carboxylic acids is 1. The number of nitrogens with zero attached hydrogens (tertiary/aromatic N) is 2. The number of carboxylic acids is 1. The summed E-state index contributed by atoms with van der Waals surface area (Å²) in [6.45, 7) is -1.39. The first-order valence-electron chi connectivity index (χ1n) is 6.69. The second kappa shape index (κ2) is 6.34. The van der Waals surface area contributed by atoms with Gasteiger partial charge in [-0.1, -0.05) is 6.07 Å². The Morgan fingerprint density at radius 1 is 1.33 bits per heavy atom. The van der Waals surface area contributed by atoms with Gasteiger partial charge in [0, 0.05) is 30.9 Å². The molecule has 0 unspecified atom stereocenters. The number of rotatable bonds is 3. The van der Waals surface area contributed by atoms with Gasteiger partial charge >= 0.3 is 18.2 Å². The molecule has 1 aliphatic rings. The average molecular weight is 347 g/mol. The van der Waals surface area contributed by atoms with E-state index >= 15 is 0 Å². The highest BCUT2D eigenvalue weighted by molar-refractivity contribution is 5.90. The van der Waals surface area contributed by atoms with Crippen LogP contribution in [0.5, 0.6) is 0 Å². The van der Waals surface area contributed by atoms with E-state index in [0.29, 0.717) is 0 Å². The number of nitrogens with one attached hydrogen (secondary N) is 1. The second-order valence-corrected chi connectivity index (χ2v) is 5.24. The highest BCUT2D eigenvalue weighted by Crippen LogP contribution is 2.37. The van der Waals surface area contributed by atoms with Gasteiger partial charge in [0.1, 0.15) is 0 Å².